The lowest BCUT2D eigenvalue weighted by atomic mass is 10.1. The molecule has 9 heteroatoms. The summed E-state index contributed by atoms with van der Waals surface area (Å²) in [4.78, 5) is 16.2. The molecule has 0 radical (unpaired) electrons. The lowest BCUT2D eigenvalue weighted by molar-refractivity contribution is -0.123. The van der Waals surface area contributed by atoms with Gasteiger partial charge in [0.05, 0.1) is 12.1 Å². The SMILES string of the molecule is O=C(NCC(F)(F)F)c1ccccc1NCc1nc(C2CC2)no1. The largest absolute Gasteiger partial charge is 0.405 e. The summed E-state index contributed by atoms with van der Waals surface area (Å²) in [6.07, 6.45) is -2.36. The Balaban J connectivity index is 1.63. The monoisotopic (exact) mass is 340 g/mol. The van der Waals surface area contributed by atoms with Crippen molar-refractivity contribution in [2.45, 2.75) is 31.5 Å². The Hall–Kier alpha value is -2.58. The van der Waals surface area contributed by atoms with Crippen molar-refractivity contribution in [1.29, 1.82) is 0 Å². The van der Waals surface area contributed by atoms with E-state index < -0.39 is 18.6 Å². The van der Waals surface area contributed by atoms with Crippen molar-refractivity contribution >= 4 is 11.6 Å². The number of para-hydroxylation sites is 1. The minimum absolute atomic E-state index is 0.115. The van der Waals surface area contributed by atoms with Crippen LogP contribution in [0.1, 0.15) is 40.8 Å². The molecule has 0 atom stereocenters. The lowest BCUT2D eigenvalue weighted by Gasteiger charge is -2.12. The minimum Gasteiger partial charge on any atom is -0.375 e. The molecule has 0 bridgehead atoms. The molecule has 1 aliphatic carbocycles. The van der Waals surface area contributed by atoms with Crippen molar-refractivity contribution < 1.29 is 22.5 Å². The van der Waals surface area contributed by atoms with E-state index in [0.29, 0.717) is 23.3 Å². The highest BCUT2D eigenvalue weighted by Gasteiger charge is 2.29. The van der Waals surface area contributed by atoms with E-state index in [1.807, 2.05) is 5.32 Å². The minimum atomic E-state index is -4.46. The number of rotatable bonds is 6. The number of anilines is 1. The van der Waals surface area contributed by atoms with Gasteiger partial charge in [-0.2, -0.15) is 18.2 Å². The van der Waals surface area contributed by atoms with Crippen molar-refractivity contribution in [1.82, 2.24) is 15.5 Å². The first-order valence-electron chi connectivity index (χ1n) is 7.43. The fourth-order valence-corrected chi connectivity index (χ4v) is 2.13. The first-order chi connectivity index (χ1) is 11.4. The maximum atomic E-state index is 12.2. The highest BCUT2D eigenvalue weighted by molar-refractivity contribution is 5.99. The van der Waals surface area contributed by atoms with Gasteiger partial charge in [0.1, 0.15) is 6.54 Å². The Labute approximate surface area is 135 Å². The van der Waals surface area contributed by atoms with Gasteiger partial charge in [0, 0.05) is 11.6 Å². The van der Waals surface area contributed by atoms with E-state index in [4.69, 9.17) is 4.52 Å². The number of amides is 1. The third-order valence-corrected chi connectivity index (χ3v) is 3.48. The number of hydrogen-bond acceptors (Lipinski definition) is 5. The fourth-order valence-electron chi connectivity index (χ4n) is 2.13. The van der Waals surface area contributed by atoms with E-state index in [0.717, 1.165) is 12.8 Å². The molecule has 0 saturated heterocycles. The maximum Gasteiger partial charge on any atom is 0.405 e. The second-order valence-corrected chi connectivity index (χ2v) is 5.52. The molecule has 128 valence electrons. The molecule has 1 saturated carbocycles. The summed E-state index contributed by atoms with van der Waals surface area (Å²) in [5.41, 5.74) is 0.507. The summed E-state index contributed by atoms with van der Waals surface area (Å²) in [6.45, 7) is -1.20. The predicted molar refractivity (Wildman–Crippen MR) is 78.4 cm³/mol. The predicted octanol–water partition coefficient (Wildman–Crippen LogP) is 2.85. The van der Waals surface area contributed by atoms with Gasteiger partial charge in [-0.3, -0.25) is 4.79 Å². The highest BCUT2D eigenvalue weighted by atomic mass is 19.4. The van der Waals surface area contributed by atoms with E-state index in [2.05, 4.69) is 15.5 Å². The smallest absolute Gasteiger partial charge is 0.375 e. The number of nitrogens with zero attached hydrogens (tertiary/aromatic N) is 2. The first-order valence-corrected chi connectivity index (χ1v) is 7.43. The van der Waals surface area contributed by atoms with E-state index in [1.165, 1.54) is 6.07 Å². The molecule has 6 nitrogen and oxygen atoms in total. The number of carbonyl (C=O) groups is 1. The van der Waals surface area contributed by atoms with Crippen LogP contribution in [0, 0.1) is 0 Å². The van der Waals surface area contributed by atoms with Gasteiger partial charge in [0.15, 0.2) is 5.82 Å². The average molecular weight is 340 g/mol. The summed E-state index contributed by atoms with van der Waals surface area (Å²) in [5, 5.41) is 8.67. The molecule has 0 unspecified atom stereocenters. The highest BCUT2D eigenvalue weighted by Crippen LogP contribution is 2.38. The van der Waals surface area contributed by atoms with Crippen molar-refractivity contribution in [3.8, 4) is 0 Å². The van der Waals surface area contributed by atoms with Crippen LogP contribution in [0.3, 0.4) is 0 Å². The van der Waals surface area contributed by atoms with Crippen molar-refractivity contribution in [3.63, 3.8) is 0 Å². The quantitative estimate of drug-likeness (QED) is 0.845. The van der Waals surface area contributed by atoms with Crippen molar-refractivity contribution in [2.24, 2.45) is 0 Å². The maximum absolute atomic E-state index is 12.2. The lowest BCUT2D eigenvalue weighted by Crippen LogP contribution is -2.34. The number of hydrogen-bond donors (Lipinski definition) is 2. The standard InChI is InChI=1S/C15H15F3N4O2/c16-15(17,18)8-20-14(23)10-3-1-2-4-11(10)19-7-12-21-13(22-24-12)9-5-6-9/h1-4,9,19H,5-8H2,(H,20,23). The molecular formula is C15H15F3N4O2. The van der Waals surface area contributed by atoms with Crippen LogP contribution in [-0.2, 0) is 6.54 Å². The molecule has 2 N–H and O–H groups in total. The van der Waals surface area contributed by atoms with Crippen LogP contribution in [0.15, 0.2) is 28.8 Å². The summed E-state index contributed by atoms with van der Waals surface area (Å²) >= 11 is 0. The summed E-state index contributed by atoms with van der Waals surface area (Å²) in [5.74, 6) is 0.591. The van der Waals surface area contributed by atoms with E-state index in [9.17, 15) is 18.0 Å². The van der Waals surface area contributed by atoms with Gasteiger partial charge in [0.2, 0.25) is 5.89 Å². The molecule has 1 aliphatic rings. The fraction of sp³-hybridized carbons (Fsp3) is 0.400. The Morgan fingerprint density at radius 1 is 1.29 bits per heavy atom. The van der Waals surface area contributed by atoms with Gasteiger partial charge in [-0.1, -0.05) is 17.3 Å². The van der Waals surface area contributed by atoms with Gasteiger partial charge < -0.3 is 15.2 Å². The second kappa shape index (κ2) is 6.50. The Morgan fingerprint density at radius 2 is 2.04 bits per heavy atom. The number of carbonyl (C=O) groups excluding carboxylic acids is 1. The van der Waals surface area contributed by atoms with E-state index in [1.54, 1.807) is 18.2 Å². The Bertz CT molecular complexity index is 726. The van der Waals surface area contributed by atoms with Crippen LogP contribution in [-0.4, -0.2) is 28.8 Å². The molecule has 1 aromatic heterocycles. The number of alkyl halides is 3. The Morgan fingerprint density at radius 3 is 2.75 bits per heavy atom. The molecule has 1 aromatic carbocycles. The van der Waals surface area contributed by atoms with Gasteiger partial charge >= 0.3 is 6.18 Å². The van der Waals surface area contributed by atoms with Crippen LogP contribution < -0.4 is 10.6 Å². The summed E-state index contributed by atoms with van der Waals surface area (Å²) in [7, 11) is 0. The molecule has 1 fully saturated rings. The van der Waals surface area contributed by atoms with E-state index in [-0.39, 0.29) is 12.1 Å². The molecule has 1 heterocycles. The van der Waals surface area contributed by atoms with Gasteiger partial charge in [-0.05, 0) is 25.0 Å². The zero-order valence-electron chi connectivity index (χ0n) is 12.6. The van der Waals surface area contributed by atoms with Gasteiger partial charge in [-0.15, -0.1) is 0 Å². The second-order valence-electron chi connectivity index (χ2n) is 5.52. The third-order valence-electron chi connectivity index (χ3n) is 3.48. The molecule has 2 aromatic rings. The number of benzene rings is 1. The normalized spacial score (nSPS) is 14.5. The number of nitrogens with one attached hydrogen (secondary N) is 2. The average Bonchev–Trinajstić information content (AvgIpc) is 3.29. The third kappa shape index (κ3) is 4.24. The van der Waals surface area contributed by atoms with Crippen LogP contribution in [0.5, 0.6) is 0 Å². The summed E-state index contributed by atoms with van der Waals surface area (Å²) < 4.78 is 41.8. The molecule has 0 aliphatic heterocycles. The molecule has 24 heavy (non-hydrogen) atoms. The van der Waals surface area contributed by atoms with Gasteiger partial charge in [0.25, 0.3) is 5.91 Å². The van der Waals surface area contributed by atoms with Crippen molar-refractivity contribution in [3.05, 3.63) is 41.5 Å². The molecule has 0 spiro atoms. The zero-order chi connectivity index (χ0) is 17.2. The zero-order valence-corrected chi connectivity index (χ0v) is 12.6. The van der Waals surface area contributed by atoms with Crippen LogP contribution >= 0.6 is 0 Å². The molecular weight excluding hydrogens is 325 g/mol. The Kier molecular flexibility index (Phi) is 4.41. The first kappa shape index (κ1) is 16.3. The van der Waals surface area contributed by atoms with Crippen LogP contribution in [0.2, 0.25) is 0 Å². The van der Waals surface area contributed by atoms with Gasteiger partial charge in [-0.25, -0.2) is 0 Å². The van der Waals surface area contributed by atoms with Crippen LogP contribution in [0.4, 0.5) is 18.9 Å². The van der Waals surface area contributed by atoms with Crippen LogP contribution in [0.25, 0.3) is 0 Å². The number of aromatic nitrogens is 2. The van der Waals surface area contributed by atoms with Crippen molar-refractivity contribution in [2.75, 3.05) is 11.9 Å². The van der Waals surface area contributed by atoms with E-state index >= 15 is 0 Å². The molecule has 3 rings (SSSR count). The summed E-state index contributed by atoms with van der Waals surface area (Å²) in [6, 6.07) is 6.29. The topological polar surface area (TPSA) is 80.0 Å². The molecule has 1 amide bonds. The number of halogens is 3.